The third-order valence-corrected chi connectivity index (χ3v) is 12.7. The Kier molecular flexibility index (Phi) is 34.5. The van der Waals surface area contributed by atoms with E-state index in [2.05, 4.69) is 16.0 Å². The van der Waals surface area contributed by atoms with Gasteiger partial charge >= 0.3 is 47.9 Å². The van der Waals surface area contributed by atoms with Crippen molar-refractivity contribution in [1.29, 1.82) is 0 Å². The summed E-state index contributed by atoms with van der Waals surface area (Å²) in [5.41, 5.74) is 11.2. The second-order valence-corrected chi connectivity index (χ2v) is 19.9. The summed E-state index contributed by atoms with van der Waals surface area (Å²) in [5.74, 6) is -38.2. The SMILES string of the molecule is C[N+](C)(CCNC(=O)[C@H](CCCNCCCN)NCCCN)CC(COCCCCCCCCCCCC(F)(F)C(F)(F)C(F)(F)C(F)(F)F)OCCCCCCCCCCCC(F)(F)C(F)(F)C(F)(F)C(F)(F)F. The number of nitrogens with zero attached hydrogens (tertiary/aromatic N) is 1. The normalized spacial score (nSPS) is 14.7. The molecule has 0 rings (SSSR count). The number of carbonyl (C=O) groups excluding carboxylic acids is 1. The molecule has 0 aliphatic carbocycles. The van der Waals surface area contributed by atoms with Gasteiger partial charge in [0, 0.05) is 26.1 Å². The largest absolute Gasteiger partial charge is 0.460 e. The molecule has 0 saturated carbocycles. The number of rotatable bonds is 48. The van der Waals surface area contributed by atoms with E-state index in [1.165, 1.54) is 0 Å². The molecule has 0 bridgehead atoms. The molecule has 0 aromatic heterocycles. The number of unbranched alkanes of at least 4 members (excludes halogenated alkanes) is 16. The molecule has 0 saturated heterocycles. The molecular formula is C48H85F18N6O3+. The van der Waals surface area contributed by atoms with Gasteiger partial charge in [-0.25, -0.2) is 0 Å². The topological polar surface area (TPSA) is 124 Å². The van der Waals surface area contributed by atoms with Crippen molar-refractivity contribution in [3.63, 3.8) is 0 Å². The summed E-state index contributed by atoms with van der Waals surface area (Å²) in [4.78, 5) is 13.2. The van der Waals surface area contributed by atoms with E-state index in [-0.39, 0.29) is 31.5 Å². The van der Waals surface area contributed by atoms with Gasteiger partial charge in [-0.15, -0.1) is 0 Å². The molecule has 0 fully saturated rings. The van der Waals surface area contributed by atoms with Crippen LogP contribution in [0.1, 0.15) is 154 Å². The maximum absolute atomic E-state index is 13.8. The third-order valence-electron chi connectivity index (χ3n) is 12.7. The minimum Gasteiger partial charge on any atom is -0.379 e. The van der Waals surface area contributed by atoms with Gasteiger partial charge < -0.3 is 41.4 Å². The average Bonchev–Trinajstić information content (AvgIpc) is 3.29. The molecule has 450 valence electrons. The van der Waals surface area contributed by atoms with Gasteiger partial charge in [-0.2, -0.15) is 79.0 Å². The van der Waals surface area contributed by atoms with Gasteiger partial charge in [0.15, 0.2) is 0 Å². The number of carbonyl (C=O) groups is 1. The molecular weight excluding hydrogens is 1050 g/mol. The van der Waals surface area contributed by atoms with Crippen LogP contribution in [-0.4, -0.2) is 157 Å². The van der Waals surface area contributed by atoms with Crippen molar-refractivity contribution in [3.8, 4) is 0 Å². The molecule has 7 N–H and O–H groups in total. The van der Waals surface area contributed by atoms with E-state index in [9.17, 15) is 83.8 Å². The van der Waals surface area contributed by atoms with Gasteiger partial charge in [0.1, 0.15) is 12.6 Å². The summed E-state index contributed by atoms with van der Waals surface area (Å²) in [5, 5.41) is 9.64. The van der Waals surface area contributed by atoms with Crippen LogP contribution in [0.15, 0.2) is 0 Å². The maximum atomic E-state index is 13.8. The number of nitrogens with one attached hydrogen (secondary N) is 3. The zero-order valence-corrected chi connectivity index (χ0v) is 43.5. The van der Waals surface area contributed by atoms with Crippen molar-refractivity contribution in [2.75, 3.05) is 86.3 Å². The van der Waals surface area contributed by atoms with Crippen LogP contribution in [0.2, 0.25) is 0 Å². The Bertz CT molecular complexity index is 1480. The Morgan fingerprint density at radius 3 is 1.29 bits per heavy atom. The first-order valence-electron chi connectivity index (χ1n) is 26.2. The van der Waals surface area contributed by atoms with Gasteiger partial charge in [-0.3, -0.25) is 4.79 Å². The molecule has 2 atom stereocenters. The van der Waals surface area contributed by atoms with Gasteiger partial charge in [-0.1, -0.05) is 89.9 Å². The number of halogens is 18. The van der Waals surface area contributed by atoms with Crippen molar-refractivity contribution in [1.82, 2.24) is 16.0 Å². The molecule has 0 heterocycles. The van der Waals surface area contributed by atoms with E-state index in [1.54, 1.807) is 0 Å². The van der Waals surface area contributed by atoms with Crippen LogP contribution in [0.25, 0.3) is 0 Å². The van der Waals surface area contributed by atoms with E-state index in [0.717, 1.165) is 64.5 Å². The van der Waals surface area contributed by atoms with Crippen molar-refractivity contribution < 1.29 is 97.8 Å². The van der Waals surface area contributed by atoms with E-state index in [1.807, 2.05) is 14.1 Å². The highest BCUT2D eigenvalue weighted by atomic mass is 19.4. The lowest BCUT2D eigenvalue weighted by Crippen LogP contribution is -2.60. The number of nitrogens with two attached hydrogens (primary N) is 2. The number of hydrogen-bond donors (Lipinski definition) is 5. The minimum absolute atomic E-state index is 0.0549. The van der Waals surface area contributed by atoms with Crippen molar-refractivity contribution >= 4 is 5.91 Å². The molecule has 0 aliphatic rings. The molecule has 0 aromatic rings. The zero-order valence-electron chi connectivity index (χ0n) is 43.5. The number of hydrogen-bond acceptors (Lipinski definition) is 7. The maximum Gasteiger partial charge on any atom is 0.460 e. The summed E-state index contributed by atoms with van der Waals surface area (Å²) >= 11 is 0. The average molecular weight is 1140 g/mol. The highest BCUT2D eigenvalue weighted by molar-refractivity contribution is 5.81. The molecule has 9 nitrogen and oxygen atoms in total. The van der Waals surface area contributed by atoms with Crippen LogP contribution in [0, 0.1) is 0 Å². The van der Waals surface area contributed by atoms with E-state index in [0.29, 0.717) is 121 Å². The monoisotopic (exact) mass is 1140 g/mol. The van der Waals surface area contributed by atoms with Gasteiger partial charge in [0.25, 0.3) is 0 Å². The van der Waals surface area contributed by atoms with Crippen molar-refractivity contribution in [2.45, 2.75) is 214 Å². The molecule has 1 amide bonds. The highest BCUT2D eigenvalue weighted by Crippen LogP contribution is 2.55. The third kappa shape index (κ3) is 27.1. The van der Waals surface area contributed by atoms with Crippen LogP contribution in [0.4, 0.5) is 79.0 Å². The Hall–Kier alpha value is -2.07. The summed E-state index contributed by atoms with van der Waals surface area (Å²) in [6, 6.07) is -0.398. The number of ether oxygens (including phenoxy) is 2. The summed E-state index contributed by atoms with van der Waals surface area (Å²) in [6.45, 7) is 5.70. The van der Waals surface area contributed by atoms with Crippen LogP contribution < -0.4 is 27.4 Å². The second-order valence-electron chi connectivity index (χ2n) is 19.9. The fraction of sp³-hybridized carbons (Fsp3) is 0.979. The Morgan fingerprint density at radius 2 is 0.867 bits per heavy atom. The number of amides is 1. The number of alkyl halides is 18. The van der Waals surface area contributed by atoms with E-state index < -0.39 is 79.6 Å². The predicted octanol–water partition coefficient (Wildman–Crippen LogP) is 12.3. The summed E-state index contributed by atoms with van der Waals surface area (Å²) in [6.07, 6.45) is -7.28. The Balaban J connectivity index is 4.99. The lowest BCUT2D eigenvalue weighted by Gasteiger charge is -2.33. The first-order valence-corrected chi connectivity index (χ1v) is 26.2. The predicted molar refractivity (Wildman–Crippen MR) is 251 cm³/mol. The number of quaternary nitrogens is 1. The molecule has 0 radical (unpaired) electrons. The first-order chi connectivity index (χ1) is 34.7. The van der Waals surface area contributed by atoms with E-state index in [4.69, 9.17) is 20.9 Å². The Labute approximate surface area is 431 Å². The molecule has 1 unspecified atom stereocenters. The first kappa shape index (κ1) is 72.9. The lowest BCUT2D eigenvalue weighted by atomic mass is 9.97. The van der Waals surface area contributed by atoms with Crippen LogP contribution >= 0.6 is 0 Å². The highest BCUT2D eigenvalue weighted by Gasteiger charge is 2.82. The Morgan fingerprint density at radius 1 is 0.480 bits per heavy atom. The van der Waals surface area contributed by atoms with Crippen LogP contribution in [0.5, 0.6) is 0 Å². The van der Waals surface area contributed by atoms with Gasteiger partial charge in [0.2, 0.25) is 5.91 Å². The molecule has 75 heavy (non-hydrogen) atoms. The van der Waals surface area contributed by atoms with Crippen LogP contribution in [-0.2, 0) is 14.3 Å². The summed E-state index contributed by atoms with van der Waals surface area (Å²) in [7, 11) is 3.99. The van der Waals surface area contributed by atoms with Gasteiger partial charge in [-0.05, 0) is 84.1 Å². The number of likely N-dealkylation sites (N-methyl/N-ethyl adjacent to an activating group) is 1. The molecule has 0 aromatic carbocycles. The summed E-state index contributed by atoms with van der Waals surface area (Å²) < 4.78 is 248. The van der Waals surface area contributed by atoms with Crippen molar-refractivity contribution in [2.24, 2.45) is 11.5 Å². The minimum atomic E-state index is -6.89. The fourth-order valence-corrected chi connectivity index (χ4v) is 7.96. The molecule has 0 aliphatic heterocycles. The second kappa shape index (κ2) is 35.5. The standard InChI is InChI=1S/C48H84F18N6O3/c1-72(2,33-32-71-40(73)39(70-31-23-28-68)24-21-29-69-30-22-27-67)36-38(75-35-20-16-12-8-4-6-10-14-18-26-42(51,52)44(55,56)46(59,60)48(64,65)66)37-74-34-19-15-11-7-3-5-9-13-17-25-41(49,50)43(53,54)45(57,58)47(61,62)63/h38-39,69-70H,3-37,67-68H2,1-2H3/p+1/t38?,39-/m0/s1. The lowest BCUT2D eigenvalue weighted by molar-refractivity contribution is -0.892. The molecule has 27 heteroatoms. The smallest absolute Gasteiger partial charge is 0.379 e. The molecule has 0 spiro atoms. The quantitative estimate of drug-likeness (QED) is 0.0234. The van der Waals surface area contributed by atoms with E-state index >= 15 is 0 Å². The fourth-order valence-electron chi connectivity index (χ4n) is 7.96. The van der Waals surface area contributed by atoms with Crippen molar-refractivity contribution in [3.05, 3.63) is 0 Å². The van der Waals surface area contributed by atoms with Gasteiger partial charge in [0.05, 0.1) is 39.8 Å². The zero-order chi connectivity index (χ0) is 57.5. The van der Waals surface area contributed by atoms with Crippen LogP contribution in [0.3, 0.4) is 0 Å².